The van der Waals surface area contributed by atoms with Crippen molar-refractivity contribution in [2.24, 2.45) is 0 Å². The minimum atomic E-state index is -3.70. The molecule has 3 N–H and O–H groups in total. The van der Waals surface area contributed by atoms with Crippen molar-refractivity contribution in [3.8, 4) is 0 Å². The Labute approximate surface area is 134 Å². The van der Waals surface area contributed by atoms with Gasteiger partial charge in [-0.2, -0.15) is 0 Å². The molecule has 0 amide bonds. The molecule has 0 saturated heterocycles. The first-order valence-corrected chi connectivity index (χ1v) is 8.41. The number of anilines is 2. The normalized spacial score (nSPS) is 11.0. The van der Waals surface area contributed by atoms with Crippen molar-refractivity contribution in [2.75, 3.05) is 16.6 Å². The summed E-state index contributed by atoms with van der Waals surface area (Å²) in [5.74, 6) is 0.669. The van der Waals surface area contributed by atoms with Gasteiger partial charge in [-0.15, -0.1) is 0 Å². The minimum Gasteiger partial charge on any atom is -0.363 e. The maximum Gasteiger partial charge on any atom is 0.263 e. The van der Waals surface area contributed by atoms with E-state index in [9.17, 15) is 8.42 Å². The fourth-order valence-electron chi connectivity index (χ4n) is 1.66. The van der Waals surface area contributed by atoms with E-state index < -0.39 is 10.0 Å². The monoisotopic (exact) mass is 340 g/mol. The summed E-state index contributed by atoms with van der Waals surface area (Å²) in [6, 6.07) is 7.72. The van der Waals surface area contributed by atoms with Crippen LogP contribution in [0.1, 0.15) is 12.7 Å². The molecular formula is C13H16N4O3S2. The summed E-state index contributed by atoms with van der Waals surface area (Å²) >= 11 is 5.06. The summed E-state index contributed by atoms with van der Waals surface area (Å²) in [5.41, 5.74) is 0.696. The third-order valence-corrected chi connectivity index (χ3v) is 4.24. The van der Waals surface area contributed by atoms with Gasteiger partial charge in [0.15, 0.2) is 10.9 Å². The number of nitrogens with zero attached hydrogens (tertiary/aromatic N) is 1. The molecule has 1 aromatic heterocycles. The van der Waals surface area contributed by atoms with Gasteiger partial charge in [-0.3, -0.25) is 4.72 Å². The summed E-state index contributed by atoms with van der Waals surface area (Å²) in [7, 11) is -3.70. The van der Waals surface area contributed by atoms with Crippen LogP contribution in [0, 0.1) is 6.92 Å². The largest absolute Gasteiger partial charge is 0.363 e. The summed E-state index contributed by atoms with van der Waals surface area (Å²) in [4.78, 5) is 0.119. The maximum atomic E-state index is 12.2. The highest BCUT2D eigenvalue weighted by molar-refractivity contribution is 7.92. The Balaban J connectivity index is 2.10. The van der Waals surface area contributed by atoms with E-state index >= 15 is 0 Å². The van der Waals surface area contributed by atoms with E-state index in [1.54, 1.807) is 19.1 Å². The van der Waals surface area contributed by atoms with Crippen LogP contribution < -0.4 is 15.4 Å². The molecular weight excluding hydrogens is 324 g/mol. The molecule has 22 heavy (non-hydrogen) atoms. The van der Waals surface area contributed by atoms with Crippen molar-refractivity contribution in [2.45, 2.75) is 18.7 Å². The van der Waals surface area contributed by atoms with Crippen molar-refractivity contribution in [1.29, 1.82) is 0 Å². The van der Waals surface area contributed by atoms with Crippen LogP contribution in [-0.2, 0) is 10.0 Å². The molecule has 0 aliphatic rings. The molecule has 2 rings (SSSR count). The van der Waals surface area contributed by atoms with Gasteiger partial charge < -0.3 is 15.2 Å². The molecule has 0 bridgehead atoms. The van der Waals surface area contributed by atoms with Crippen LogP contribution in [0.5, 0.6) is 0 Å². The molecule has 1 heterocycles. The first kappa shape index (κ1) is 16.2. The van der Waals surface area contributed by atoms with Crippen molar-refractivity contribution in [3.63, 3.8) is 0 Å². The smallest absolute Gasteiger partial charge is 0.263 e. The highest BCUT2D eigenvalue weighted by Crippen LogP contribution is 2.18. The average molecular weight is 340 g/mol. The van der Waals surface area contributed by atoms with Gasteiger partial charge in [0.2, 0.25) is 0 Å². The number of aryl methyl sites for hydroxylation is 1. The second-order valence-electron chi connectivity index (χ2n) is 4.44. The Morgan fingerprint density at radius 3 is 2.55 bits per heavy atom. The van der Waals surface area contributed by atoms with Crippen LogP contribution in [0.2, 0.25) is 0 Å². The Morgan fingerprint density at radius 1 is 1.32 bits per heavy atom. The highest BCUT2D eigenvalue weighted by atomic mass is 32.2. The summed E-state index contributed by atoms with van der Waals surface area (Å²) in [6.45, 7) is 4.32. The van der Waals surface area contributed by atoms with Gasteiger partial charge in [-0.05, 0) is 50.3 Å². The molecule has 0 atom stereocenters. The third-order valence-electron chi connectivity index (χ3n) is 2.63. The van der Waals surface area contributed by atoms with Crippen molar-refractivity contribution >= 4 is 38.9 Å². The number of thiocarbonyl (C=S) groups is 1. The number of nitrogens with one attached hydrogen (secondary N) is 3. The molecule has 0 unspecified atom stereocenters. The number of hydrogen-bond acceptors (Lipinski definition) is 5. The zero-order valence-corrected chi connectivity index (χ0v) is 13.7. The maximum absolute atomic E-state index is 12.2. The number of rotatable bonds is 5. The molecule has 118 valence electrons. The lowest BCUT2D eigenvalue weighted by Gasteiger charge is -2.10. The van der Waals surface area contributed by atoms with Crippen LogP contribution >= 0.6 is 12.2 Å². The molecule has 9 heteroatoms. The van der Waals surface area contributed by atoms with Gasteiger partial charge in [0.25, 0.3) is 10.0 Å². The molecule has 0 spiro atoms. The Bertz CT molecular complexity index is 754. The van der Waals surface area contributed by atoms with E-state index in [-0.39, 0.29) is 10.7 Å². The second kappa shape index (κ2) is 6.75. The van der Waals surface area contributed by atoms with E-state index in [0.717, 1.165) is 0 Å². The summed E-state index contributed by atoms with van der Waals surface area (Å²) < 4.78 is 31.6. The summed E-state index contributed by atoms with van der Waals surface area (Å²) in [6.07, 6.45) is 0. The zero-order valence-electron chi connectivity index (χ0n) is 12.1. The first-order chi connectivity index (χ1) is 10.4. The molecule has 0 radical (unpaired) electrons. The van der Waals surface area contributed by atoms with Crippen LogP contribution in [0.4, 0.5) is 11.5 Å². The topological polar surface area (TPSA) is 96.3 Å². The molecule has 1 aromatic carbocycles. The SMILES string of the molecule is CCNC(=S)Nc1ccc(S(=O)(=O)Nc2cc(C)on2)cc1. The number of aromatic nitrogens is 1. The predicted molar refractivity (Wildman–Crippen MR) is 88.4 cm³/mol. The van der Waals surface area contributed by atoms with E-state index in [1.807, 2.05) is 6.92 Å². The average Bonchev–Trinajstić information content (AvgIpc) is 2.84. The fraction of sp³-hybridized carbons (Fsp3) is 0.231. The van der Waals surface area contributed by atoms with Crippen molar-refractivity contribution < 1.29 is 12.9 Å². The van der Waals surface area contributed by atoms with E-state index in [4.69, 9.17) is 16.7 Å². The first-order valence-electron chi connectivity index (χ1n) is 6.52. The van der Waals surface area contributed by atoms with Crippen molar-refractivity contribution in [3.05, 3.63) is 36.1 Å². The van der Waals surface area contributed by atoms with Gasteiger partial charge in [0.05, 0.1) is 4.90 Å². The second-order valence-corrected chi connectivity index (χ2v) is 6.53. The molecule has 7 nitrogen and oxygen atoms in total. The number of sulfonamides is 1. The molecule has 2 aromatic rings. The van der Waals surface area contributed by atoms with Gasteiger partial charge in [-0.25, -0.2) is 8.42 Å². The van der Waals surface area contributed by atoms with Crippen LogP contribution in [0.15, 0.2) is 39.8 Å². The van der Waals surface area contributed by atoms with Gasteiger partial charge in [0, 0.05) is 18.3 Å². The van der Waals surface area contributed by atoms with Gasteiger partial charge in [0.1, 0.15) is 5.76 Å². The number of hydrogen-bond donors (Lipinski definition) is 3. The zero-order chi connectivity index (χ0) is 16.2. The van der Waals surface area contributed by atoms with E-state index in [0.29, 0.717) is 23.1 Å². The lowest BCUT2D eigenvalue weighted by Crippen LogP contribution is -2.27. The standard InChI is InChI=1S/C13H16N4O3S2/c1-3-14-13(21)15-10-4-6-11(7-5-10)22(18,19)17-12-8-9(2)20-16-12/h4-8H,3H2,1-2H3,(H,16,17)(H2,14,15,21). The van der Waals surface area contributed by atoms with Crippen molar-refractivity contribution in [1.82, 2.24) is 10.5 Å². The minimum absolute atomic E-state index is 0.119. The Kier molecular flexibility index (Phi) is 4.99. The lowest BCUT2D eigenvalue weighted by molar-refractivity contribution is 0.400. The van der Waals surface area contributed by atoms with Gasteiger partial charge >= 0.3 is 0 Å². The number of benzene rings is 1. The fourth-order valence-corrected chi connectivity index (χ4v) is 2.91. The van der Waals surface area contributed by atoms with E-state index in [1.165, 1.54) is 18.2 Å². The predicted octanol–water partition coefficient (Wildman–Crippen LogP) is 2.09. The molecule has 0 aliphatic heterocycles. The van der Waals surface area contributed by atoms with Crippen LogP contribution in [-0.4, -0.2) is 25.2 Å². The van der Waals surface area contributed by atoms with Gasteiger partial charge in [-0.1, -0.05) is 5.16 Å². The lowest BCUT2D eigenvalue weighted by atomic mass is 10.3. The quantitative estimate of drug-likeness (QED) is 0.717. The van der Waals surface area contributed by atoms with Crippen LogP contribution in [0.3, 0.4) is 0 Å². The highest BCUT2D eigenvalue weighted by Gasteiger charge is 2.16. The molecule has 0 fully saturated rings. The third kappa shape index (κ3) is 4.18. The molecule has 0 aliphatic carbocycles. The Hall–Kier alpha value is -2.13. The molecule has 0 saturated carbocycles. The summed E-state index contributed by atoms with van der Waals surface area (Å²) in [5, 5.41) is 9.98. The van der Waals surface area contributed by atoms with E-state index in [2.05, 4.69) is 20.5 Å². The Morgan fingerprint density at radius 2 is 2.00 bits per heavy atom. The van der Waals surface area contributed by atoms with Crippen LogP contribution in [0.25, 0.3) is 0 Å².